The number of hydrogen-bond acceptors (Lipinski definition) is 5. The number of fused-ring (bicyclic) bond motifs is 3. The number of hydrogen-bond donors (Lipinski definition) is 1. The van der Waals surface area contributed by atoms with Crippen LogP contribution < -0.4 is 5.32 Å². The quantitative estimate of drug-likeness (QED) is 0.871. The minimum atomic E-state index is -0.316. The Bertz CT molecular complexity index is 730. The second-order valence-corrected chi connectivity index (χ2v) is 6.27. The molecule has 2 bridgehead atoms. The van der Waals surface area contributed by atoms with Crippen LogP contribution in [0.15, 0.2) is 40.1 Å². The van der Waals surface area contributed by atoms with Crippen LogP contribution in [0.5, 0.6) is 0 Å². The summed E-state index contributed by atoms with van der Waals surface area (Å²) in [5, 5.41) is 8.99. The molecular formula is C16H17N3O2. The lowest BCUT2D eigenvalue weighted by molar-refractivity contribution is -0.148. The van der Waals surface area contributed by atoms with Crippen LogP contribution in [0.25, 0.3) is 11.0 Å². The molecule has 1 aromatic heterocycles. The Labute approximate surface area is 122 Å². The third-order valence-corrected chi connectivity index (χ3v) is 5.06. The first-order valence-electron chi connectivity index (χ1n) is 7.57. The molecule has 21 heavy (non-hydrogen) atoms. The van der Waals surface area contributed by atoms with Crippen LogP contribution in [0.1, 0.15) is 18.4 Å². The summed E-state index contributed by atoms with van der Waals surface area (Å²) in [5.41, 5.74) is 1.59. The van der Waals surface area contributed by atoms with Gasteiger partial charge in [0.1, 0.15) is 5.58 Å². The number of amidine groups is 1. The van der Waals surface area contributed by atoms with Gasteiger partial charge in [-0.2, -0.15) is 0 Å². The van der Waals surface area contributed by atoms with E-state index in [0.717, 1.165) is 28.9 Å². The third kappa shape index (κ3) is 1.64. The van der Waals surface area contributed by atoms with Crippen molar-refractivity contribution in [2.45, 2.75) is 18.6 Å². The Morgan fingerprint density at radius 2 is 2.14 bits per heavy atom. The molecule has 2 aromatic rings. The minimum absolute atomic E-state index is 0.316. The highest BCUT2D eigenvalue weighted by Gasteiger charge is 2.52. The van der Waals surface area contributed by atoms with Crippen molar-refractivity contribution in [1.29, 1.82) is 0 Å². The SMILES string of the molecule is c1cc2ccc(C3=NO[C@]4(CN5CCC4CC5)N3)cc2o1. The van der Waals surface area contributed by atoms with Gasteiger partial charge in [0.05, 0.1) is 12.8 Å². The zero-order chi connectivity index (χ0) is 13.9. The summed E-state index contributed by atoms with van der Waals surface area (Å²) in [5.74, 6) is 1.37. The second kappa shape index (κ2) is 4.01. The van der Waals surface area contributed by atoms with Crippen molar-refractivity contribution in [1.82, 2.24) is 10.2 Å². The molecule has 0 aliphatic carbocycles. The van der Waals surface area contributed by atoms with E-state index in [1.54, 1.807) is 6.26 Å². The van der Waals surface area contributed by atoms with Crippen molar-refractivity contribution < 1.29 is 9.25 Å². The second-order valence-electron chi connectivity index (χ2n) is 6.27. The van der Waals surface area contributed by atoms with Gasteiger partial charge in [-0.1, -0.05) is 17.3 Å². The largest absolute Gasteiger partial charge is 0.464 e. The lowest BCUT2D eigenvalue weighted by Gasteiger charge is -2.49. The standard InChI is InChI=1S/C16H17N3O2/c1-2-12(9-14-11(1)5-8-20-14)15-17-16(21-18-15)10-19-6-3-13(16)4-7-19/h1-2,5,8-9,13H,3-4,6-7,10H2,(H,17,18)/t16-/m0/s1. The summed E-state index contributed by atoms with van der Waals surface area (Å²) >= 11 is 0. The molecule has 108 valence electrons. The van der Waals surface area contributed by atoms with Crippen molar-refractivity contribution >= 4 is 16.8 Å². The predicted octanol–water partition coefficient (Wildman–Crippen LogP) is 2.14. The Morgan fingerprint density at radius 1 is 1.24 bits per heavy atom. The molecule has 1 spiro atoms. The van der Waals surface area contributed by atoms with Gasteiger partial charge < -0.3 is 14.6 Å². The molecule has 1 aromatic carbocycles. The number of nitrogens with one attached hydrogen (secondary N) is 1. The number of oxime groups is 1. The van der Waals surface area contributed by atoms with E-state index >= 15 is 0 Å². The number of piperidine rings is 3. The molecule has 6 rings (SSSR count). The molecule has 4 aliphatic rings. The summed E-state index contributed by atoms with van der Waals surface area (Å²) in [7, 11) is 0. The number of furan rings is 1. The van der Waals surface area contributed by atoms with Crippen molar-refractivity contribution in [3.05, 3.63) is 36.1 Å². The van der Waals surface area contributed by atoms with Crippen molar-refractivity contribution in [3.8, 4) is 0 Å². The Hall–Kier alpha value is -2.01. The number of benzene rings is 1. The fourth-order valence-electron chi connectivity index (χ4n) is 3.86. The van der Waals surface area contributed by atoms with Crippen LogP contribution in [-0.4, -0.2) is 36.1 Å². The van der Waals surface area contributed by atoms with Crippen molar-refractivity contribution in [3.63, 3.8) is 0 Å². The lowest BCUT2D eigenvalue weighted by atomic mass is 9.81. The van der Waals surface area contributed by atoms with E-state index < -0.39 is 0 Å². The van der Waals surface area contributed by atoms with Crippen LogP contribution >= 0.6 is 0 Å². The van der Waals surface area contributed by atoms with Gasteiger partial charge in [0.15, 0.2) is 5.84 Å². The topological polar surface area (TPSA) is 50.0 Å². The van der Waals surface area contributed by atoms with Gasteiger partial charge in [-0.15, -0.1) is 0 Å². The van der Waals surface area contributed by atoms with Crippen LogP contribution in [0.2, 0.25) is 0 Å². The first-order valence-corrected chi connectivity index (χ1v) is 7.57. The van der Waals surface area contributed by atoms with E-state index in [2.05, 4.69) is 27.5 Å². The van der Waals surface area contributed by atoms with E-state index in [-0.39, 0.29) is 5.72 Å². The zero-order valence-corrected chi connectivity index (χ0v) is 11.7. The van der Waals surface area contributed by atoms with Gasteiger partial charge in [0.25, 0.3) is 0 Å². The van der Waals surface area contributed by atoms with Crippen molar-refractivity contribution in [2.75, 3.05) is 19.6 Å². The fourth-order valence-corrected chi connectivity index (χ4v) is 3.86. The summed E-state index contributed by atoms with van der Waals surface area (Å²) in [6, 6.07) is 8.10. The highest BCUT2D eigenvalue weighted by Crippen LogP contribution is 2.39. The summed E-state index contributed by atoms with van der Waals surface area (Å²) in [6.07, 6.45) is 4.09. The molecule has 3 saturated heterocycles. The van der Waals surface area contributed by atoms with E-state index in [0.29, 0.717) is 5.92 Å². The third-order valence-electron chi connectivity index (χ3n) is 5.06. The molecule has 0 radical (unpaired) electrons. The normalized spacial score (nSPS) is 34.0. The van der Waals surface area contributed by atoms with Crippen LogP contribution in [0.4, 0.5) is 0 Å². The van der Waals surface area contributed by atoms with Crippen molar-refractivity contribution in [2.24, 2.45) is 11.1 Å². The minimum Gasteiger partial charge on any atom is -0.464 e. The van der Waals surface area contributed by atoms with Gasteiger partial charge in [0.2, 0.25) is 5.72 Å². The summed E-state index contributed by atoms with van der Waals surface area (Å²) in [4.78, 5) is 8.34. The molecule has 5 nitrogen and oxygen atoms in total. The molecule has 0 amide bonds. The fraction of sp³-hybridized carbons (Fsp3) is 0.438. The monoisotopic (exact) mass is 283 g/mol. The molecule has 0 unspecified atom stereocenters. The first kappa shape index (κ1) is 11.6. The molecule has 1 atom stereocenters. The number of nitrogens with zero attached hydrogens (tertiary/aromatic N) is 2. The van der Waals surface area contributed by atoms with E-state index in [4.69, 9.17) is 9.25 Å². The predicted molar refractivity (Wildman–Crippen MR) is 78.9 cm³/mol. The first-order chi connectivity index (χ1) is 10.3. The van der Waals surface area contributed by atoms with E-state index in [1.165, 1.54) is 25.9 Å². The molecule has 0 saturated carbocycles. The Morgan fingerprint density at radius 3 is 2.95 bits per heavy atom. The summed E-state index contributed by atoms with van der Waals surface area (Å²) in [6.45, 7) is 3.30. The van der Waals surface area contributed by atoms with Gasteiger partial charge in [0, 0.05) is 16.9 Å². The maximum atomic E-state index is 5.88. The molecule has 5 heteroatoms. The average Bonchev–Trinajstić information content (AvgIpc) is 3.15. The molecule has 3 fully saturated rings. The highest BCUT2D eigenvalue weighted by atomic mass is 16.7. The van der Waals surface area contributed by atoms with Gasteiger partial charge in [-0.3, -0.25) is 4.90 Å². The van der Waals surface area contributed by atoms with Crippen LogP contribution in [-0.2, 0) is 4.84 Å². The van der Waals surface area contributed by atoms with Gasteiger partial charge in [-0.25, -0.2) is 0 Å². The molecule has 5 heterocycles. The maximum absolute atomic E-state index is 5.88. The Balaban J connectivity index is 1.46. The van der Waals surface area contributed by atoms with Gasteiger partial charge >= 0.3 is 0 Å². The smallest absolute Gasteiger partial charge is 0.224 e. The summed E-state index contributed by atoms with van der Waals surface area (Å²) < 4.78 is 5.47. The maximum Gasteiger partial charge on any atom is 0.224 e. The van der Waals surface area contributed by atoms with E-state index in [1.807, 2.05) is 12.1 Å². The average molecular weight is 283 g/mol. The molecular weight excluding hydrogens is 266 g/mol. The lowest BCUT2D eigenvalue weighted by Crippen LogP contribution is -2.65. The van der Waals surface area contributed by atoms with E-state index in [9.17, 15) is 0 Å². The Kier molecular flexibility index (Phi) is 2.22. The zero-order valence-electron chi connectivity index (χ0n) is 11.7. The van der Waals surface area contributed by atoms with Crippen LogP contribution in [0, 0.1) is 5.92 Å². The highest BCUT2D eigenvalue weighted by molar-refractivity contribution is 6.02. The number of rotatable bonds is 1. The van der Waals surface area contributed by atoms with Crippen LogP contribution in [0.3, 0.4) is 0 Å². The van der Waals surface area contributed by atoms with Gasteiger partial charge in [-0.05, 0) is 38.1 Å². The molecule has 4 aliphatic heterocycles. The molecule has 1 N–H and O–H groups in total.